The molecule has 1 saturated heterocycles. The van der Waals surface area contributed by atoms with Crippen molar-refractivity contribution >= 4 is 29.2 Å². The van der Waals surface area contributed by atoms with E-state index in [1.165, 1.54) is 12.8 Å². The number of nitrogens with one attached hydrogen (secondary N) is 3. The van der Waals surface area contributed by atoms with Crippen molar-refractivity contribution in [1.29, 1.82) is 0 Å². The number of carbonyl (C=O) groups is 3. The number of urea groups is 1. The van der Waals surface area contributed by atoms with Crippen LogP contribution < -0.4 is 16.0 Å². The van der Waals surface area contributed by atoms with E-state index in [2.05, 4.69) is 16.0 Å². The molecule has 0 spiro atoms. The van der Waals surface area contributed by atoms with Gasteiger partial charge in [0, 0.05) is 36.1 Å². The number of carbonyl (C=O) groups excluding carboxylic acids is 3. The first-order valence-corrected chi connectivity index (χ1v) is 11.4. The first-order chi connectivity index (χ1) is 15.6. The minimum absolute atomic E-state index is 0.0675. The quantitative estimate of drug-likeness (QED) is 0.657. The molecule has 3 N–H and O–H groups in total. The number of anilines is 2. The molecular weight excluding hydrogens is 404 g/mol. The Balaban J connectivity index is 1.29. The molecule has 2 fully saturated rings. The summed E-state index contributed by atoms with van der Waals surface area (Å²) in [5.41, 5.74) is 1.98. The molecule has 1 aliphatic carbocycles. The van der Waals surface area contributed by atoms with E-state index in [-0.39, 0.29) is 29.8 Å². The first-order valence-electron chi connectivity index (χ1n) is 11.4. The summed E-state index contributed by atoms with van der Waals surface area (Å²) in [6.07, 6.45) is 5.94. The van der Waals surface area contributed by atoms with Crippen LogP contribution in [0.5, 0.6) is 0 Å². The Bertz CT molecular complexity index is 939. The van der Waals surface area contributed by atoms with Crippen molar-refractivity contribution in [3.8, 4) is 0 Å². The lowest BCUT2D eigenvalue weighted by atomic mass is 9.97. The molecule has 1 atom stereocenters. The van der Waals surface area contributed by atoms with Crippen LogP contribution in [0.25, 0.3) is 0 Å². The van der Waals surface area contributed by atoms with E-state index in [1.54, 1.807) is 29.2 Å². The largest absolute Gasteiger partial charge is 0.349 e. The summed E-state index contributed by atoms with van der Waals surface area (Å²) >= 11 is 0. The fraction of sp³-hybridized carbons (Fsp3) is 0.400. The third kappa shape index (κ3) is 5.66. The number of rotatable bonds is 5. The molecule has 0 radical (unpaired) electrons. The third-order valence-electron chi connectivity index (χ3n) is 6.21. The van der Waals surface area contributed by atoms with Gasteiger partial charge in [0.25, 0.3) is 5.91 Å². The number of hydrogen-bond donors (Lipinski definition) is 3. The minimum atomic E-state index is -0.268. The highest BCUT2D eigenvalue weighted by Crippen LogP contribution is 2.21. The lowest BCUT2D eigenvalue weighted by molar-refractivity contribution is -0.121. The Kier molecular flexibility index (Phi) is 7.04. The summed E-state index contributed by atoms with van der Waals surface area (Å²) in [7, 11) is 0. The minimum Gasteiger partial charge on any atom is -0.349 e. The van der Waals surface area contributed by atoms with Gasteiger partial charge in [0.1, 0.15) is 0 Å². The van der Waals surface area contributed by atoms with Crippen LogP contribution in [0.2, 0.25) is 0 Å². The highest BCUT2D eigenvalue weighted by Gasteiger charge is 2.28. The average molecular weight is 435 g/mol. The normalized spacial score (nSPS) is 18.8. The number of hydrogen-bond acceptors (Lipinski definition) is 3. The van der Waals surface area contributed by atoms with Crippen molar-refractivity contribution in [3.05, 3.63) is 60.2 Å². The highest BCUT2D eigenvalue weighted by atomic mass is 16.2. The van der Waals surface area contributed by atoms with Gasteiger partial charge in [-0.05, 0) is 62.1 Å². The highest BCUT2D eigenvalue weighted by molar-refractivity contribution is 5.97. The Morgan fingerprint density at radius 2 is 1.47 bits per heavy atom. The van der Waals surface area contributed by atoms with E-state index in [0.717, 1.165) is 31.4 Å². The Morgan fingerprint density at radius 1 is 0.781 bits per heavy atom. The van der Waals surface area contributed by atoms with E-state index in [9.17, 15) is 14.4 Å². The molecule has 2 aromatic carbocycles. The maximum Gasteiger partial charge on any atom is 0.321 e. The van der Waals surface area contributed by atoms with Crippen molar-refractivity contribution in [3.63, 3.8) is 0 Å². The number of nitrogens with zero attached hydrogens (tertiary/aromatic N) is 1. The van der Waals surface area contributed by atoms with Gasteiger partial charge in [0.05, 0.1) is 5.92 Å². The van der Waals surface area contributed by atoms with Gasteiger partial charge in [-0.3, -0.25) is 9.59 Å². The topological polar surface area (TPSA) is 90.5 Å². The Labute approximate surface area is 188 Å². The Morgan fingerprint density at radius 3 is 2.19 bits per heavy atom. The second-order valence-electron chi connectivity index (χ2n) is 8.60. The first kappa shape index (κ1) is 21.9. The van der Waals surface area contributed by atoms with Crippen LogP contribution in [0.15, 0.2) is 54.6 Å². The second-order valence-corrected chi connectivity index (χ2v) is 8.60. The number of para-hydroxylation sites is 1. The maximum atomic E-state index is 12.8. The number of amides is 4. The lowest BCUT2D eigenvalue weighted by Crippen LogP contribution is -2.45. The monoisotopic (exact) mass is 434 g/mol. The van der Waals surface area contributed by atoms with Gasteiger partial charge < -0.3 is 20.9 Å². The van der Waals surface area contributed by atoms with Gasteiger partial charge in [-0.1, -0.05) is 31.0 Å². The van der Waals surface area contributed by atoms with Crippen LogP contribution >= 0.6 is 0 Å². The van der Waals surface area contributed by atoms with E-state index < -0.39 is 0 Å². The molecule has 1 aliphatic heterocycles. The summed E-state index contributed by atoms with van der Waals surface area (Å²) in [5.74, 6) is -0.442. The second kappa shape index (κ2) is 10.3. The fourth-order valence-corrected chi connectivity index (χ4v) is 4.39. The molecule has 168 valence electrons. The van der Waals surface area contributed by atoms with E-state index in [4.69, 9.17) is 0 Å². The van der Waals surface area contributed by atoms with E-state index in [1.807, 2.05) is 30.3 Å². The van der Waals surface area contributed by atoms with Crippen molar-refractivity contribution in [2.75, 3.05) is 23.7 Å². The Hall–Kier alpha value is -3.35. The average Bonchev–Trinajstić information content (AvgIpc) is 3.33. The molecule has 1 heterocycles. The van der Waals surface area contributed by atoms with Crippen LogP contribution in [0.1, 0.15) is 48.9 Å². The standard InChI is InChI=1S/C25H30N4O3/c30-23(26-20-10-4-5-11-20)18-12-14-22(15-13-18)27-24(31)19-7-6-16-29(17-19)25(32)28-21-8-2-1-3-9-21/h1-3,8-9,12-15,19-20H,4-7,10-11,16-17H2,(H,26,30)(H,27,31)(H,28,32). The van der Waals surface area contributed by atoms with Gasteiger partial charge in [-0.2, -0.15) is 0 Å². The zero-order chi connectivity index (χ0) is 22.3. The molecule has 4 rings (SSSR count). The molecule has 1 saturated carbocycles. The van der Waals surface area contributed by atoms with Gasteiger partial charge in [0.2, 0.25) is 5.91 Å². The summed E-state index contributed by atoms with van der Waals surface area (Å²) in [6, 6.07) is 16.4. The molecule has 1 unspecified atom stereocenters. The van der Waals surface area contributed by atoms with E-state index in [0.29, 0.717) is 24.3 Å². The molecule has 0 aromatic heterocycles. The zero-order valence-electron chi connectivity index (χ0n) is 18.2. The summed E-state index contributed by atoms with van der Waals surface area (Å²) in [5, 5.41) is 8.88. The van der Waals surface area contributed by atoms with Crippen LogP contribution in [0.3, 0.4) is 0 Å². The SMILES string of the molecule is O=C(NC1CCCC1)c1ccc(NC(=O)C2CCCN(C(=O)Nc3ccccc3)C2)cc1. The maximum absolute atomic E-state index is 12.8. The number of likely N-dealkylation sites (tertiary alicyclic amines) is 1. The molecule has 2 aromatic rings. The zero-order valence-corrected chi connectivity index (χ0v) is 18.2. The summed E-state index contributed by atoms with van der Waals surface area (Å²) in [6.45, 7) is 1.01. The van der Waals surface area contributed by atoms with E-state index >= 15 is 0 Å². The van der Waals surface area contributed by atoms with Gasteiger partial charge in [-0.15, -0.1) is 0 Å². The van der Waals surface area contributed by atoms with Crippen molar-refractivity contribution in [2.45, 2.75) is 44.6 Å². The lowest BCUT2D eigenvalue weighted by Gasteiger charge is -2.32. The molecule has 7 heteroatoms. The van der Waals surface area contributed by atoms with Crippen molar-refractivity contribution in [1.82, 2.24) is 10.2 Å². The van der Waals surface area contributed by atoms with Crippen LogP contribution in [0.4, 0.5) is 16.2 Å². The molecule has 32 heavy (non-hydrogen) atoms. The molecule has 4 amide bonds. The fourth-order valence-electron chi connectivity index (χ4n) is 4.39. The van der Waals surface area contributed by atoms with Crippen molar-refractivity contribution < 1.29 is 14.4 Å². The third-order valence-corrected chi connectivity index (χ3v) is 6.21. The predicted octanol–water partition coefficient (Wildman–Crippen LogP) is 4.24. The number of benzene rings is 2. The summed E-state index contributed by atoms with van der Waals surface area (Å²) < 4.78 is 0. The molecule has 7 nitrogen and oxygen atoms in total. The summed E-state index contributed by atoms with van der Waals surface area (Å²) in [4.78, 5) is 39.4. The van der Waals surface area contributed by atoms with Crippen LogP contribution in [-0.2, 0) is 4.79 Å². The predicted molar refractivity (Wildman–Crippen MR) is 125 cm³/mol. The number of piperidine rings is 1. The van der Waals surface area contributed by atoms with Crippen LogP contribution in [-0.4, -0.2) is 41.9 Å². The van der Waals surface area contributed by atoms with Gasteiger partial charge >= 0.3 is 6.03 Å². The molecular formula is C25H30N4O3. The van der Waals surface area contributed by atoms with Gasteiger partial charge in [0.15, 0.2) is 0 Å². The molecule has 0 bridgehead atoms. The smallest absolute Gasteiger partial charge is 0.321 e. The van der Waals surface area contributed by atoms with Crippen molar-refractivity contribution in [2.24, 2.45) is 5.92 Å². The van der Waals surface area contributed by atoms with Crippen LogP contribution in [0, 0.1) is 5.92 Å². The van der Waals surface area contributed by atoms with Gasteiger partial charge in [-0.25, -0.2) is 4.79 Å². The molecule has 2 aliphatic rings.